The second-order valence-electron chi connectivity index (χ2n) is 6.83. The number of rotatable bonds is 7. The van der Waals surface area contributed by atoms with Crippen molar-refractivity contribution in [1.82, 2.24) is 9.80 Å². The molecule has 7 heteroatoms. The van der Waals surface area contributed by atoms with Gasteiger partial charge in [0.05, 0.1) is 28.4 Å². The number of benzene rings is 2. The van der Waals surface area contributed by atoms with Crippen molar-refractivity contribution in [3.05, 3.63) is 47.5 Å². The largest absolute Gasteiger partial charge is 0.493 e. The molecule has 1 aliphatic heterocycles. The lowest BCUT2D eigenvalue weighted by Gasteiger charge is -2.35. The highest BCUT2D eigenvalue weighted by atomic mass is 16.5. The first-order valence-electron chi connectivity index (χ1n) is 9.54. The van der Waals surface area contributed by atoms with Crippen molar-refractivity contribution in [3.8, 4) is 23.0 Å². The third-order valence-electron chi connectivity index (χ3n) is 5.14. The number of hydrogen-bond donors (Lipinski definition) is 0. The minimum Gasteiger partial charge on any atom is -0.493 e. The summed E-state index contributed by atoms with van der Waals surface area (Å²) in [6.45, 7) is 3.79. The molecule has 1 aliphatic rings. The van der Waals surface area contributed by atoms with Crippen molar-refractivity contribution in [3.63, 3.8) is 0 Å². The van der Waals surface area contributed by atoms with Gasteiger partial charge in [-0.05, 0) is 35.9 Å². The first kappa shape index (κ1) is 20.8. The Morgan fingerprint density at radius 3 is 1.90 bits per heavy atom. The molecule has 29 heavy (non-hydrogen) atoms. The number of nitrogens with zero attached hydrogens (tertiary/aromatic N) is 2. The quantitative estimate of drug-likeness (QED) is 0.712. The molecule has 0 atom stereocenters. The molecule has 7 nitrogen and oxygen atoms in total. The molecule has 0 radical (unpaired) electrons. The lowest BCUT2D eigenvalue weighted by Crippen LogP contribution is -2.48. The van der Waals surface area contributed by atoms with Crippen LogP contribution in [0.5, 0.6) is 23.0 Å². The minimum atomic E-state index is 0.0109. The van der Waals surface area contributed by atoms with Crippen LogP contribution in [0.25, 0.3) is 0 Å². The van der Waals surface area contributed by atoms with Gasteiger partial charge in [0.25, 0.3) is 5.91 Å². The van der Waals surface area contributed by atoms with E-state index in [2.05, 4.69) is 4.90 Å². The van der Waals surface area contributed by atoms with Gasteiger partial charge in [-0.2, -0.15) is 0 Å². The van der Waals surface area contributed by atoms with E-state index in [1.807, 2.05) is 23.1 Å². The lowest BCUT2D eigenvalue weighted by atomic mass is 10.1. The Labute approximate surface area is 171 Å². The normalized spacial score (nSPS) is 14.4. The molecule has 0 N–H and O–H groups in total. The molecule has 156 valence electrons. The summed E-state index contributed by atoms with van der Waals surface area (Å²) in [5.41, 5.74) is 1.76. The van der Waals surface area contributed by atoms with Crippen molar-refractivity contribution in [2.75, 3.05) is 54.6 Å². The maximum absolute atomic E-state index is 12.9. The average Bonchev–Trinajstić information content (AvgIpc) is 2.78. The van der Waals surface area contributed by atoms with Crippen LogP contribution in [0, 0.1) is 0 Å². The molecule has 0 bridgehead atoms. The number of amides is 1. The Morgan fingerprint density at radius 2 is 1.31 bits per heavy atom. The van der Waals surface area contributed by atoms with Gasteiger partial charge in [-0.1, -0.05) is 6.07 Å². The first-order valence-corrected chi connectivity index (χ1v) is 9.54. The van der Waals surface area contributed by atoms with Crippen molar-refractivity contribution in [1.29, 1.82) is 0 Å². The van der Waals surface area contributed by atoms with Gasteiger partial charge < -0.3 is 23.8 Å². The number of carbonyl (C=O) groups is 1. The van der Waals surface area contributed by atoms with Gasteiger partial charge in [-0.15, -0.1) is 0 Å². The summed E-state index contributed by atoms with van der Waals surface area (Å²) in [6.07, 6.45) is 0. The summed E-state index contributed by atoms with van der Waals surface area (Å²) in [4.78, 5) is 17.1. The highest BCUT2D eigenvalue weighted by Gasteiger charge is 2.23. The standard InChI is InChI=1S/C22H28N2O5/c1-26-18-7-5-16(13-20(18)28-3)15-23-9-11-24(12-10-23)22(25)17-6-8-19(27-2)21(14-17)29-4/h5-8,13-14H,9-12,15H2,1-4H3. The van der Waals surface area contributed by atoms with Crippen LogP contribution in [0.2, 0.25) is 0 Å². The van der Waals surface area contributed by atoms with Crippen LogP contribution in [-0.4, -0.2) is 70.3 Å². The van der Waals surface area contributed by atoms with E-state index in [0.717, 1.165) is 36.7 Å². The molecule has 1 amide bonds. The number of carbonyl (C=O) groups excluding carboxylic acids is 1. The molecule has 0 unspecified atom stereocenters. The Kier molecular flexibility index (Phi) is 6.82. The molecule has 0 spiro atoms. The van der Waals surface area contributed by atoms with Crippen molar-refractivity contribution >= 4 is 5.91 Å². The average molecular weight is 400 g/mol. The number of piperazine rings is 1. The maximum Gasteiger partial charge on any atom is 0.254 e. The summed E-state index contributed by atoms with van der Waals surface area (Å²) in [5, 5.41) is 0. The Bertz CT molecular complexity index is 847. The van der Waals surface area contributed by atoms with E-state index in [1.165, 1.54) is 0 Å². The fraction of sp³-hybridized carbons (Fsp3) is 0.409. The molecule has 0 aliphatic carbocycles. The topological polar surface area (TPSA) is 60.5 Å². The predicted octanol–water partition coefficient (Wildman–Crippen LogP) is 2.68. The van der Waals surface area contributed by atoms with E-state index < -0.39 is 0 Å². The Morgan fingerprint density at radius 1 is 0.759 bits per heavy atom. The zero-order valence-corrected chi connectivity index (χ0v) is 17.4. The highest BCUT2D eigenvalue weighted by Crippen LogP contribution is 2.29. The van der Waals surface area contributed by atoms with E-state index in [0.29, 0.717) is 30.2 Å². The molecular formula is C22H28N2O5. The second kappa shape index (κ2) is 9.52. The van der Waals surface area contributed by atoms with Crippen molar-refractivity contribution in [2.24, 2.45) is 0 Å². The van der Waals surface area contributed by atoms with Crippen LogP contribution in [0.4, 0.5) is 0 Å². The molecule has 0 aromatic heterocycles. The lowest BCUT2D eigenvalue weighted by molar-refractivity contribution is 0.0628. The predicted molar refractivity (Wildman–Crippen MR) is 110 cm³/mol. The van der Waals surface area contributed by atoms with Gasteiger partial charge in [-0.25, -0.2) is 0 Å². The summed E-state index contributed by atoms with van der Waals surface area (Å²) >= 11 is 0. The number of methoxy groups -OCH3 is 4. The van der Waals surface area contributed by atoms with E-state index in [9.17, 15) is 4.79 Å². The van der Waals surface area contributed by atoms with Gasteiger partial charge in [0, 0.05) is 38.3 Å². The monoisotopic (exact) mass is 400 g/mol. The maximum atomic E-state index is 12.9. The molecule has 3 rings (SSSR count). The number of ether oxygens (including phenoxy) is 4. The fourth-order valence-electron chi connectivity index (χ4n) is 3.50. The van der Waals surface area contributed by atoms with Gasteiger partial charge in [0.2, 0.25) is 0 Å². The summed E-state index contributed by atoms with van der Waals surface area (Å²) in [7, 11) is 6.42. The van der Waals surface area contributed by atoms with Gasteiger partial charge in [0.15, 0.2) is 23.0 Å². The molecule has 0 saturated carbocycles. The zero-order chi connectivity index (χ0) is 20.8. The second-order valence-corrected chi connectivity index (χ2v) is 6.83. The van der Waals surface area contributed by atoms with Crippen LogP contribution in [0.1, 0.15) is 15.9 Å². The van der Waals surface area contributed by atoms with Crippen LogP contribution in [0.15, 0.2) is 36.4 Å². The van der Waals surface area contributed by atoms with E-state index in [-0.39, 0.29) is 5.91 Å². The SMILES string of the molecule is COc1ccc(CN2CCN(C(=O)c3ccc(OC)c(OC)c3)CC2)cc1OC. The van der Waals surface area contributed by atoms with Gasteiger partial charge >= 0.3 is 0 Å². The molecular weight excluding hydrogens is 372 g/mol. The first-order chi connectivity index (χ1) is 14.1. The zero-order valence-electron chi connectivity index (χ0n) is 17.4. The van der Waals surface area contributed by atoms with Crippen LogP contribution >= 0.6 is 0 Å². The highest BCUT2D eigenvalue weighted by molar-refractivity contribution is 5.95. The fourth-order valence-corrected chi connectivity index (χ4v) is 3.50. The van der Waals surface area contributed by atoms with Crippen LogP contribution in [-0.2, 0) is 6.54 Å². The van der Waals surface area contributed by atoms with Crippen LogP contribution in [0.3, 0.4) is 0 Å². The third-order valence-corrected chi connectivity index (χ3v) is 5.14. The summed E-state index contributed by atoms with van der Waals surface area (Å²) in [5.74, 6) is 2.64. The molecule has 1 fully saturated rings. The Hall–Kier alpha value is -2.93. The van der Waals surface area contributed by atoms with E-state index in [1.54, 1.807) is 46.6 Å². The Balaban J connectivity index is 1.60. The van der Waals surface area contributed by atoms with E-state index in [4.69, 9.17) is 18.9 Å². The third kappa shape index (κ3) is 4.74. The smallest absolute Gasteiger partial charge is 0.254 e. The van der Waals surface area contributed by atoms with Gasteiger partial charge in [0.1, 0.15) is 0 Å². The van der Waals surface area contributed by atoms with Crippen molar-refractivity contribution in [2.45, 2.75) is 6.54 Å². The minimum absolute atomic E-state index is 0.0109. The molecule has 1 saturated heterocycles. The molecule has 2 aromatic carbocycles. The summed E-state index contributed by atoms with van der Waals surface area (Å²) in [6, 6.07) is 11.2. The molecule has 1 heterocycles. The van der Waals surface area contributed by atoms with Crippen LogP contribution < -0.4 is 18.9 Å². The summed E-state index contributed by atoms with van der Waals surface area (Å²) < 4.78 is 21.2. The number of hydrogen-bond acceptors (Lipinski definition) is 6. The van der Waals surface area contributed by atoms with E-state index >= 15 is 0 Å². The van der Waals surface area contributed by atoms with Gasteiger partial charge in [-0.3, -0.25) is 9.69 Å². The molecule has 2 aromatic rings. The van der Waals surface area contributed by atoms with Crippen molar-refractivity contribution < 1.29 is 23.7 Å².